The highest BCUT2D eigenvalue weighted by Crippen LogP contribution is 2.41. The second kappa shape index (κ2) is 20.9. The SMILES string of the molecule is CCn1c(-c2cnccc2COC)c2c3cc(ccc31)-c1cc(O)cc(c1)C[C@H](CNC(=O)C(=C(C)C)N(C)C(=O)[C@H]1CCN(C3CCOCC3)C1)C(=O)N1CCC[C@H](N1)C(=O)OCC(C)(C)C2. The second-order valence-corrected chi connectivity index (χ2v) is 20.1. The van der Waals surface area contributed by atoms with Crippen molar-refractivity contribution in [2.24, 2.45) is 17.3 Å². The number of hydrazine groups is 1. The van der Waals surface area contributed by atoms with Crippen LogP contribution < -0.4 is 10.7 Å². The van der Waals surface area contributed by atoms with Crippen LogP contribution in [0, 0.1) is 17.3 Å². The minimum absolute atomic E-state index is 0.0446. The first-order valence-corrected chi connectivity index (χ1v) is 24.4. The van der Waals surface area contributed by atoms with Gasteiger partial charge in [0.25, 0.3) is 5.91 Å². The summed E-state index contributed by atoms with van der Waals surface area (Å²) in [7, 11) is 3.34. The second-order valence-electron chi connectivity index (χ2n) is 20.1. The molecule has 3 N–H and O–H groups in total. The van der Waals surface area contributed by atoms with Crippen molar-refractivity contribution in [2.45, 2.75) is 105 Å². The Kier molecular flexibility index (Phi) is 15.0. The summed E-state index contributed by atoms with van der Waals surface area (Å²) in [5.74, 6) is -2.31. The number of methoxy groups -OCH3 is 1. The number of hydrogen-bond donors (Lipinski definition) is 3. The molecule has 4 aliphatic rings. The monoisotopic (exact) mass is 932 g/mol. The van der Waals surface area contributed by atoms with Crippen LogP contribution in [0.4, 0.5) is 0 Å². The number of fused-ring (bicyclic) bond motifs is 6. The molecule has 4 aliphatic heterocycles. The van der Waals surface area contributed by atoms with E-state index in [0.717, 1.165) is 83.4 Å². The molecule has 3 fully saturated rings. The van der Waals surface area contributed by atoms with Crippen LogP contribution >= 0.6 is 0 Å². The van der Waals surface area contributed by atoms with Crippen LogP contribution in [-0.2, 0) is 59.4 Å². The maximum Gasteiger partial charge on any atom is 0.324 e. The average molecular weight is 932 g/mol. The van der Waals surface area contributed by atoms with Crippen LogP contribution in [-0.4, -0.2) is 125 Å². The van der Waals surface area contributed by atoms with Crippen LogP contribution in [0.3, 0.4) is 0 Å². The zero-order valence-electron chi connectivity index (χ0n) is 40.9. The molecule has 0 saturated carbocycles. The van der Waals surface area contributed by atoms with Gasteiger partial charge in [0.15, 0.2) is 0 Å². The van der Waals surface area contributed by atoms with E-state index in [1.54, 1.807) is 32.5 Å². The van der Waals surface area contributed by atoms with Gasteiger partial charge in [0.2, 0.25) is 11.8 Å². The largest absolute Gasteiger partial charge is 0.508 e. The number of phenols is 1. The predicted octanol–water partition coefficient (Wildman–Crippen LogP) is 6.39. The summed E-state index contributed by atoms with van der Waals surface area (Å²) in [4.78, 5) is 65.3. The standard InChI is InChI=1S/C53H69N7O8/c1-8-59-46-12-11-35-26-42(46)43(48(59)44-29-54-17-13-37(44)31-66-7)27-53(4,5)32-68-52(65)45-10-9-18-60(56-45)51(64)39(23-34-22-38(35)25-41(61)24-34)28-55-49(62)47(33(2)3)57(6)50(63)36-14-19-58(30-36)40-15-20-67-21-16-40/h11-13,17,22,24-26,29,36,39-40,45,56,61H,8-10,14-16,18-21,23,27-28,30-32H2,1-7H3,(H,55,62)/t36-,39+,45-/m0/s1. The van der Waals surface area contributed by atoms with Gasteiger partial charge in [0.05, 0.1) is 30.7 Å². The van der Waals surface area contributed by atoms with Crippen molar-refractivity contribution in [3.63, 3.8) is 0 Å². The number of carbonyl (C=O) groups is 4. The number of aromatic hydroxyl groups is 1. The van der Waals surface area contributed by atoms with Crippen molar-refractivity contribution in [1.82, 2.24) is 35.1 Å². The first-order chi connectivity index (χ1) is 32.7. The van der Waals surface area contributed by atoms with Crippen LogP contribution in [0.2, 0.25) is 0 Å². The summed E-state index contributed by atoms with van der Waals surface area (Å²) in [5, 5.41) is 16.9. The molecule has 0 spiro atoms. The number of phenolic OH excluding ortho intramolecular Hbond substituents is 1. The number of esters is 1. The van der Waals surface area contributed by atoms with Crippen molar-refractivity contribution < 1.29 is 38.5 Å². The molecule has 3 atom stereocenters. The molecule has 364 valence electrons. The van der Waals surface area contributed by atoms with Crippen molar-refractivity contribution in [1.29, 1.82) is 0 Å². The van der Waals surface area contributed by atoms with Gasteiger partial charge in [0.1, 0.15) is 17.5 Å². The van der Waals surface area contributed by atoms with Gasteiger partial charge in [-0.3, -0.25) is 34.1 Å². The van der Waals surface area contributed by atoms with Gasteiger partial charge < -0.3 is 34.1 Å². The maximum absolute atomic E-state index is 14.7. The fourth-order valence-electron chi connectivity index (χ4n) is 10.8. The number of aryl methyl sites for hydroxylation is 1. The maximum atomic E-state index is 14.7. The number of aromatic nitrogens is 2. The number of carbonyl (C=O) groups excluding carboxylic acids is 4. The Morgan fingerprint density at radius 1 is 1.03 bits per heavy atom. The number of nitrogens with zero attached hydrogens (tertiary/aromatic N) is 5. The molecular formula is C53H69N7O8. The number of allylic oxidation sites excluding steroid dienone is 1. The number of likely N-dealkylation sites (N-methyl/N-ethyl adjacent to an activating group) is 1. The highest BCUT2D eigenvalue weighted by Gasteiger charge is 2.38. The third kappa shape index (κ3) is 10.5. The highest BCUT2D eigenvalue weighted by molar-refractivity contribution is 5.99. The third-order valence-corrected chi connectivity index (χ3v) is 14.2. The van der Waals surface area contributed by atoms with Crippen molar-refractivity contribution in [3.8, 4) is 28.1 Å². The number of cyclic esters (lactones) is 1. The number of nitrogens with one attached hydrogen (secondary N) is 2. The lowest BCUT2D eigenvalue weighted by molar-refractivity contribution is -0.155. The lowest BCUT2D eigenvalue weighted by Crippen LogP contribution is -2.58. The van der Waals surface area contributed by atoms with Crippen LogP contribution in [0.25, 0.3) is 33.3 Å². The number of hydrogen-bond acceptors (Lipinski definition) is 11. The minimum Gasteiger partial charge on any atom is -0.508 e. The summed E-state index contributed by atoms with van der Waals surface area (Å²) in [5.41, 5.74) is 11.1. The van der Waals surface area contributed by atoms with Crippen molar-refractivity contribution >= 4 is 34.6 Å². The van der Waals surface area contributed by atoms with Gasteiger partial charge in [0, 0.05) is 93.9 Å². The Bertz CT molecular complexity index is 2560. The molecule has 2 aromatic carbocycles. The Morgan fingerprint density at radius 2 is 1.82 bits per heavy atom. The van der Waals surface area contributed by atoms with E-state index in [1.165, 1.54) is 9.91 Å². The van der Waals surface area contributed by atoms with Crippen LogP contribution in [0.5, 0.6) is 5.75 Å². The number of pyridine rings is 1. The number of rotatable bonds is 10. The predicted molar refractivity (Wildman–Crippen MR) is 260 cm³/mol. The lowest BCUT2D eigenvalue weighted by atomic mass is 9.84. The molecule has 0 aliphatic carbocycles. The van der Waals surface area contributed by atoms with E-state index >= 15 is 0 Å². The van der Waals surface area contributed by atoms with E-state index in [-0.39, 0.29) is 48.8 Å². The smallest absolute Gasteiger partial charge is 0.324 e. The number of benzene rings is 2. The Labute approximate surface area is 400 Å². The minimum atomic E-state index is -0.813. The van der Waals surface area contributed by atoms with E-state index in [4.69, 9.17) is 14.2 Å². The summed E-state index contributed by atoms with van der Waals surface area (Å²) >= 11 is 0. The first kappa shape index (κ1) is 48.8. The Hall–Kier alpha value is -5.61. The van der Waals surface area contributed by atoms with E-state index in [1.807, 2.05) is 32.2 Å². The summed E-state index contributed by atoms with van der Waals surface area (Å²) in [6.45, 7) is 14.4. The number of likely N-dealkylation sites (tertiary alicyclic amines) is 1. The van der Waals surface area contributed by atoms with Gasteiger partial charge in [-0.1, -0.05) is 26.0 Å². The van der Waals surface area contributed by atoms with Gasteiger partial charge in [-0.2, -0.15) is 0 Å². The Morgan fingerprint density at radius 3 is 2.57 bits per heavy atom. The molecule has 2 aromatic heterocycles. The van der Waals surface area contributed by atoms with Crippen molar-refractivity contribution in [3.05, 3.63) is 82.8 Å². The molecule has 15 nitrogen and oxygen atoms in total. The molecule has 15 heteroatoms. The molecule has 4 aromatic rings. The van der Waals surface area contributed by atoms with Gasteiger partial charge in [-0.15, -0.1) is 0 Å². The normalized spacial score (nSPS) is 21.6. The van der Waals surface area contributed by atoms with Gasteiger partial charge in [-0.05, 0) is 136 Å². The van der Waals surface area contributed by atoms with Crippen LogP contribution in [0.1, 0.15) is 83.4 Å². The zero-order valence-corrected chi connectivity index (χ0v) is 40.9. The topological polar surface area (TPSA) is 168 Å². The molecule has 0 radical (unpaired) electrons. The molecule has 3 amide bonds. The van der Waals surface area contributed by atoms with Crippen LogP contribution in [0.15, 0.2) is 66.1 Å². The highest BCUT2D eigenvalue weighted by atomic mass is 16.5. The molecule has 6 bridgehead atoms. The van der Waals surface area contributed by atoms with E-state index in [0.29, 0.717) is 62.7 Å². The average Bonchev–Trinajstić information content (AvgIpc) is 3.94. The molecule has 8 rings (SSSR count). The third-order valence-electron chi connectivity index (χ3n) is 14.2. The fourth-order valence-corrected chi connectivity index (χ4v) is 10.8. The summed E-state index contributed by atoms with van der Waals surface area (Å²) in [6, 6.07) is 13.3. The number of ether oxygens (including phenoxy) is 3. The lowest BCUT2D eigenvalue weighted by Gasteiger charge is -2.35. The van der Waals surface area contributed by atoms with Gasteiger partial charge in [-0.25, -0.2) is 5.43 Å². The molecule has 3 saturated heterocycles. The van der Waals surface area contributed by atoms with Crippen molar-refractivity contribution in [2.75, 3.05) is 60.2 Å². The number of amides is 3. The van der Waals surface area contributed by atoms with E-state index < -0.39 is 29.3 Å². The molecule has 0 unspecified atom stereocenters. The summed E-state index contributed by atoms with van der Waals surface area (Å²) < 4.78 is 19.6. The quantitative estimate of drug-likeness (QED) is 0.119. The first-order valence-electron chi connectivity index (χ1n) is 24.4. The van der Waals surface area contributed by atoms with E-state index in [2.05, 4.69) is 64.2 Å². The molecular weight excluding hydrogens is 863 g/mol. The summed E-state index contributed by atoms with van der Waals surface area (Å²) in [6.07, 6.45) is 8.08. The molecule has 68 heavy (non-hydrogen) atoms. The molecule has 6 heterocycles. The Balaban J connectivity index is 1.13. The van der Waals surface area contributed by atoms with Gasteiger partial charge >= 0.3 is 5.97 Å². The zero-order chi connectivity index (χ0) is 48.3. The fraction of sp³-hybridized carbons (Fsp3) is 0.528. The van der Waals surface area contributed by atoms with E-state index in [9.17, 15) is 24.3 Å².